The molecule has 1 unspecified atom stereocenters. The number of hydrogen-bond donors (Lipinski definition) is 1. The number of aryl methyl sites for hydroxylation is 1. The second-order valence-corrected chi connectivity index (χ2v) is 10.2. The van der Waals surface area contributed by atoms with Crippen LogP contribution in [0.5, 0.6) is 0 Å². The van der Waals surface area contributed by atoms with Crippen molar-refractivity contribution in [3.05, 3.63) is 106 Å². The Labute approximate surface area is 212 Å². The van der Waals surface area contributed by atoms with Gasteiger partial charge in [-0.2, -0.15) is 0 Å². The Morgan fingerprint density at radius 2 is 1.63 bits per heavy atom. The average molecular weight is 495 g/mol. The molecule has 184 valence electrons. The lowest BCUT2D eigenvalue weighted by atomic mass is 9.99. The van der Waals surface area contributed by atoms with E-state index in [1.807, 2.05) is 82.3 Å². The summed E-state index contributed by atoms with van der Waals surface area (Å²) in [5, 5.41) is 3.22. The molecule has 0 aliphatic carbocycles. The van der Waals surface area contributed by atoms with Crippen molar-refractivity contribution < 1.29 is 14.0 Å². The first-order valence-corrected chi connectivity index (χ1v) is 12.1. The van der Waals surface area contributed by atoms with Crippen LogP contribution in [0.2, 0.25) is 5.02 Å². The SMILES string of the molecule is Cc1ccccc1CN(C(=O)Cc1c(F)cccc1Cl)C(Cc1ccccc1)C(=O)NC(C)(C)C. The summed E-state index contributed by atoms with van der Waals surface area (Å²) >= 11 is 6.23. The van der Waals surface area contributed by atoms with Crippen LogP contribution in [0, 0.1) is 12.7 Å². The second-order valence-electron chi connectivity index (χ2n) is 9.77. The number of nitrogens with zero attached hydrogens (tertiary/aromatic N) is 1. The number of benzene rings is 3. The van der Waals surface area contributed by atoms with E-state index in [0.717, 1.165) is 16.7 Å². The Morgan fingerprint density at radius 3 is 2.26 bits per heavy atom. The van der Waals surface area contributed by atoms with Crippen LogP contribution in [0.1, 0.15) is 43.0 Å². The maximum absolute atomic E-state index is 14.6. The van der Waals surface area contributed by atoms with Gasteiger partial charge in [-0.25, -0.2) is 4.39 Å². The van der Waals surface area contributed by atoms with E-state index in [2.05, 4.69) is 5.32 Å². The Bertz CT molecular complexity index is 1150. The number of halogens is 2. The van der Waals surface area contributed by atoms with Gasteiger partial charge in [0.15, 0.2) is 0 Å². The van der Waals surface area contributed by atoms with Gasteiger partial charge in [-0.1, -0.05) is 72.3 Å². The summed E-state index contributed by atoms with van der Waals surface area (Å²) in [6.45, 7) is 7.88. The highest BCUT2D eigenvalue weighted by Gasteiger charge is 2.33. The Hall–Kier alpha value is -3.18. The summed E-state index contributed by atoms with van der Waals surface area (Å²) in [5.74, 6) is -1.17. The third kappa shape index (κ3) is 7.40. The van der Waals surface area contributed by atoms with Crippen molar-refractivity contribution in [1.29, 1.82) is 0 Å². The number of amides is 2. The molecular weight excluding hydrogens is 463 g/mol. The molecule has 0 aliphatic heterocycles. The molecule has 6 heteroatoms. The van der Waals surface area contributed by atoms with E-state index in [1.165, 1.54) is 12.1 Å². The van der Waals surface area contributed by atoms with Crippen molar-refractivity contribution in [3.8, 4) is 0 Å². The molecule has 2 amide bonds. The van der Waals surface area contributed by atoms with Crippen LogP contribution in [0.25, 0.3) is 0 Å². The second kappa shape index (κ2) is 11.5. The summed E-state index contributed by atoms with van der Waals surface area (Å²) in [4.78, 5) is 28.9. The fraction of sp³-hybridized carbons (Fsp3) is 0.310. The first-order chi connectivity index (χ1) is 16.5. The van der Waals surface area contributed by atoms with Crippen LogP contribution in [-0.2, 0) is 29.0 Å². The molecular formula is C29H32ClFN2O2. The summed E-state index contributed by atoms with van der Waals surface area (Å²) in [6.07, 6.45) is 0.0802. The number of carbonyl (C=O) groups excluding carboxylic acids is 2. The van der Waals surface area contributed by atoms with E-state index in [-0.39, 0.29) is 35.4 Å². The zero-order valence-electron chi connectivity index (χ0n) is 20.6. The topological polar surface area (TPSA) is 49.4 Å². The zero-order valence-corrected chi connectivity index (χ0v) is 21.4. The third-order valence-electron chi connectivity index (χ3n) is 5.76. The smallest absolute Gasteiger partial charge is 0.243 e. The molecule has 3 aromatic rings. The fourth-order valence-electron chi connectivity index (χ4n) is 3.93. The molecule has 3 rings (SSSR count). The average Bonchev–Trinajstić information content (AvgIpc) is 2.79. The fourth-order valence-corrected chi connectivity index (χ4v) is 4.16. The summed E-state index contributed by atoms with van der Waals surface area (Å²) in [6, 6.07) is 20.9. The highest BCUT2D eigenvalue weighted by atomic mass is 35.5. The molecule has 3 aromatic carbocycles. The quantitative estimate of drug-likeness (QED) is 0.425. The van der Waals surface area contributed by atoms with Crippen LogP contribution < -0.4 is 5.32 Å². The lowest BCUT2D eigenvalue weighted by molar-refractivity contribution is -0.141. The van der Waals surface area contributed by atoms with Crippen molar-refractivity contribution in [2.45, 2.75) is 58.7 Å². The van der Waals surface area contributed by atoms with Crippen LogP contribution >= 0.6 is 11.6 Å². The van der Waals surface area contributed by atoms with E-state index >= 15 is 0 Å². The maximum atomic E-state index is 14.6. The number of nitrogens with one attached hydrogen (secondary N) is 1. The first-order valence-electron chi connectivity index (χ1n) is 11.7. The lowest BCUT2D eigenvalue weighted by Crippen LogP contribution is -2.54. The summed E-state index contributed by atoms with van der Waals surface area (Å²) < 4.78 is 14.6. The van der Waals surface area contributed by atoms with Gasteiger partial charge in [-0.15, -0.1) is 0 Å². The van der Waals surface area contributed by atoms with E-state index < -0.39 is 17.4 Å². The number of carbonyl (C=O) groups is 2. The third-order valence-corrected chi connectivity index (χ3v) is 6.12. The van der Waals surface area contributed by atoms with Crippen LogP contribution in [0.15, 0.2) is 72.8 Å². The van der Waals surface area contributed by atoms with Gasteiger partial charge in [0.1, 0.15) is 11.9 Å². The molecule has 0 aliphatic rings. The van der Waals surface area contributed by atoms with E-state index in [9.17, 15) is 14.0 Å². The monoisotopic (exact) mass is 494 g/mol. The normalized spacial score (nSPS) is 12.2. The molecule has 0 spiro atoms. The highest BCUT2D eigenvalue weighted by Crippen LogP contribution is 2.23. The molecule has 0 aromatic heterocycles. The van der Waals surface area contributed by atoms with Crippen molar-refractivity contribution in [2.24, 2.45) is 0 Å². The van der Waals surface area contributed by atoms with E-state index in [0.29, 0.717) is 6.42 Å². The van der Waals surface area contributed by atoms with Gasteiger partial charge in [0.25, 0.3) is 0 Å². The lowest BCUT2D eigenvalue weighted by Gasteiger charge is -2.34. The van der Waals surface area contributed by atoms with E-state index in [4.69, 9.17) is 11.6 Å². The molecule has 35 heavy (non-hydrogen) atoms. The number of rotatable bonds is 8. The van der Waals surface area contributed by atoms with Crippen molar-refractivity contribution in [2.75, 3.05) is 0 Å². The van der Waals surface area contributed by atoms with Crippen LogP contribution in [0.3, 0.4) is 0 Å². The van der Waals surface area contributed by atoms with Gasteiger partial charge < -0.3 is 10.2 Å². The van der Waals surface area contributed by atoms with Gasteiger partial charge in [0.05, 0.1) is 6.42 Å². The van der Waals surface area contributed by atoms with Crippen molar-refractivity contribution in [1.82, 2.24) is 10.2 Å². The van der Waals surface area contributed by atoms with Crippen molar-refractivity contribution in [3.63, 3.8) is 0 Å². The molecule has 0 saturated carbocycles. The minimum Gasteiger partial charge on any atom is -0.350 e. The Kier molecular flexibility index (Phi) is 8.68. The standard InChI is InChI=1S/C29H32ClFN2O2/c1-20-11-8-9-14-22(20)19-33(27(34)18-23-24(30)15-10-16-25(23)31)26(28(35)32-29(2,3)4)17-21-12-6-5-7-13-21/h5-16,26H,17-19H2,1-4H3,(H,32,35). The summed E-state index contributed by atoms with van der Waals surface area (Å²) in [5.41, 5.74) is 2.49. The summed E-state index contributed by atoms with van der Waals surface area (Å²) in [7, 11) is 0. The van der Waals surface area contributed by atoms with Gasteiger partial charge in [-0.3, -0.25) is 9.59 Å². The van der Waals surface area contributed by atoms with Crippen molar-refractivity contribution >= 4 is 23.4 Å². The van der Waals surface area contributed by atoms with Gasteiger partial charge >= 0.3 is 0 Å². The van der Waals surface area contributed by atoms with Gasteiger partial charge in [0, 0.05) is 29.1 Å². The Balaban J connectivity index is 2.04. The molecule has 0 radical (unpaired) electrons. The minimum absolute atomic E-state index is 0.128. The predicted molar refractivity (Wildman–Crippen MR) is 139 cm³/mol. The molecule has 0 heterocycles. The molecule has 0 fully saturated rings. The maximum Gasteiger partial charge on any atom is 0.243 e. The predicted octanol–water partition coefficient (Wildman–Crippen LogP) is 5.88. The minimum atomic E-state index is -0.797. The van der Waals surface area contributed by atoms with Gasteiger partial charge in [0.2, 0.25) is 11.8 Å². The largest absolute Gasteiger partial charge is 0.350 e. The van der Waals surface area contributed by atoms with Crippen LogP contribution in [0.4, 0.5) is 4.39 Å². The molecule has 1 N–H and O–H groups in total. The Morgan fingerprint density at radius 1 is 0.971 bits per heavy atom. The molecule has 0 bridgehead atoms. The highest BCUT2D eigenvalue weighted by molar-refractivity contribution is 6.31. The van der Waals surface area contributed by atoms with E-state index in [1.54, 1.807) is 11.0 Å². The number of hydrogen-bond acceptors (Lipinski definition) is 2. The molecule has 4 nitrogen and oxygen atoms in total. The van der Waals surface area contributed by atoms with Crippen LogP contribution in [-0.4, -0.2) is 28.3 Å². The molecule has 0 saturated heterocycles. The van der Waals surface area contributed by atoms with Gasteiger partial charge in [-0.05, 0) is 56.5 Å². The molecule has 1 atom stereocenters. The first kappa shape index (κ1) is 26.4. The zero-order chi connectivity index (χ0) is 25.6.